The average Bonchev–Trinajstić information content (AvgIpc) is 2.41. The molecule has 2 heterocycles. The predicted molar refractivity (Wildman–Crippen MR) is 75.5 cm³/mol. The molecule has 0 saturated carbocycles. The molecule has 1 aromatic heterocycles. The van der Waals surface area contributed by atoms with Crippen LogP contribution in [0.2, 0.25) is 0 Å². The van der Waals surface area contributed by atoms with Gasteiger partial charge in [0.1, 0.15) is 11.4 Å². The highest BCUT2D eigenvalue weighted by atomic mass is 16.4. The molecular weight excluding hydrogens is 274 g/mol. The van der Waals surface area contributed by atoms with E-state index in [4.69, 9.17) is 4.42 Å². The minimum Gasteiger partial charge on any atom is -0.504 e. The van der Waals surface area contributed by atoms with Crippen molar-refractivity contribution in [3.8, 4) is 11.5 Å². The predicted octanol–water partition coefficient (Wildman–Crippen LogP) is 1.15. The van der Waals surface area contributed by atoms with Crippen molar-refractivity contribution < 1.29 is 19.4 Å². The summed E-state index contributed by atoms with van der Waals surface area (Å²) >= 11 is 0. The number of Topliss-reactive ketones (excluding diaryl/α,β-unsaturated/α-hetero) is 1. The summed E-state index contributed by atoms with van der Waals surface area (Å²) in [6.07, 6.45) is 0.592. The molecule has 0 bridgehead atoms. The molecule has 2 aromatic rings. The Morgan fingerprint density at radius 3 is 2.71 bits per heavy atom. The fourth-order valence-corrected chi connectivity index (χ4v) is 2.79. The Morgan fingerprint density at radius 1 is 1.29 bits per heavy atom. The van der Waals surface area contributed by atoms with Gasteiger partial charge < -0.3 is 14.6 Å². The molecule has 0 fully saturated rings. The summed E-state index contributed by atoms with van der Waals surface area (Å²) in [4.78, 5) is 25.2. The van der Waals surface area contributed by atoms with Gasteiger partial charge in [-0.15, -0.1) is 0 Å². The van der Waals surface area contributed by atoms with E-state index in [0.717, 1.165) is 5.56 Å². The maximum absolute atomic E-state index is 12.1. The SMILES string of the molecule is CC(=O)CN1CCc2c(c(=O)oc3cc(O)c(O)cc23)C1. The van der Waals surface area contributed by atoms with Crippen molar-refractivity contribution in [2.75, 3.05) is 13.1 Å². The van der Waals surface area contributed by atoms with Crippen LogP contribution in [-0.4, -0.2) is 34.0 Å². The number of fused-ring (bicyclic) bond motifs is 3. The molecule has 0 saturated heterocycles. The van der Waals surface area contributed by atoms with Crippen molar-refractivity contribution in [1.29, 1.82) is 0 Å². The van der Waals surface area contributed by atoms with E-state index in [-0.39, 0.29) is 22.9 Å². The zero-order valence-electron chi connectivity index (χ0n) is 11.5. The van der Waals surface area contributed by atoms with Crippen molar-refractivity contribution in [2.24, 2.45) is 0 Å². The second-order valence-electron chi connectivity index (χ2n) is 5.35. The van der Waals surface area contributed by atoms with Crippen LogP contribution in [0.4, 0.5) is 0 Å². The van der Waals surface area contributed by atoms with Crippen LogP contribution in [0.3, 0.4) is 0 Å². The molecule has 0 aliphatic carbocycles. The fraction of sp³-hybridized carbons (Fsp3) is 0.333. The first-order chi connectivity index (χ1) is 9.95. The van der Waals surface area contributed by atoms with Gasteiger partial charge in [0.05, 0.1) is 12.1 Å². The van der Waals surface area contributed by atoms with Crippen molar-refractivity contribution in [2.45, 2.75) is 19.9 Å². The van der Waals surface area contributed by atoms with Gasteiger partial charge in [-0.25, -0.2) is 4.79 Å². The molecule has 3 rings (SSSR count). The highest BCUT2D eigenvalue weighted by Gasteiger charge is 2.24. The van der Waals surface area contributed by atoms with Crippen LogP contribution in [-0.2, 0) is 17.8 Å². The van der Waals surface area contributed by atoms with Crippen molar-refractivity contribution >= 4 is 16.8 Å². The summed E-state index contributed by atoms with van der Waals surface area (Å²) in [5.41, 5.74) is 1.13. The monoisotopic (exact) mass is 289 g/mol. The number of benzene rings is 1. The van der Waals surface area contributed by atoms with E-state index in [0.29, 0.717) is 37.0 Å². The Labute approximate surface area is 120 Å². The highest BCUT2D eigenvalue weighted by Crippen LogP contribution is 2.33. The second-order valence-corrected chi connectivity index (χ2v) is 5.35. The summed E-state index contributed by atoms with van der Waals surface area (Å²) in [6.45, 7) is 2.83. The van der Waals surface area contributed by atoms with Crippen molar-refractivity contribution in [1.82, 2.24) is 4.90 Å². The Kier molecular flexibility index (Phi) is 3.17. The Bertz CT molecular complexity index is 793. The molecule has 0 unspecified atom stereocenters. The first kappa shape index (κ1) is 13.6. The number of aromatic hydroxyl groups is 2. The van der Waals surface area contributed by atoms with Gasteiger partial charge in [0.25, 0.3) is 0 Å². The molecule has 0 atom stereocenters. The molecule has 6 nitrogen and oxygen atoms in total. The summed E-state index contributed by atoms with van der Waals surface area (Å²) in [5.74, 6) is -0.518. The largest absolute Gasteiger partial charge is 0.504 e. The Balaban J connectivity index is 2.13. The van der Waals surface area contributed by atoms with Crippen LogP contribution in [0.15, 0.2) is 21.3 Å². The molecule has 2 N–H and O–H groups in total. The van der Waals surface area contributed by atoms with Crippen LogP contribution in [0.1, 0.15) is 18.1 Å². The first-order valence-electron chi connectivity index (χ1n) is 6.68. The van der Waals surface area contributed by atoms with Gasteiger partial charge in [-0.1, -0.05) is 0 Å². The third-order valence-electron chi connectivity index (χ3n) is 3.72. The van der Waals surface area contributed by atoms with Crippen molar-refractivity contribution in [3.05, 3.63) is 33.7 Å². The van der Waals surface area contributed by atoms with Crippen molar-refractivity contribution in [3.63, 3.8) is 0 Å². The van der Waals surface area contributed by atoms with E-state index in [9.17, 15) is 19.8 Å². The van der Waals surface area contributed by atoms with Gasteiger partial charge in [-0.3, -0.25) is 9.69 Å². The number of rotatable bonds is 2. The van der Waals surface area contributed by atoms with Gasteiger partial charge in [0, 0.05) is 24.5 Å². The molecular formula is C15H15NO5. The highest BCUT2D eigenvalue weighted by molar-refractivity contribution is 5.85. The minimum atomic E-state index is -0.462. The molecule has 110 valence electrons. The number of phenolic OH excluding ortho intramolecular Hbond substituents is 2. The topological polar surface area (TPSA) is 91.0 Å². The average molecular weight is 289 g/mol. The summed E-state index contributed by atoms with van der Waals surface area (Å²) in [5, 5.41) is 19.8. The smallest absolute Gasteiger partial charge is 0.341 e. The summed E-state index contributed by atoms with van der Waals surface area (Å²) in [6, 6.07) is 2.65. The molecule has 1 aliphatic heterocycles. The zero-order chi connectivity index (χ0) is 15.1. The van der Waals surface area contributed by atoms with Crippen LogP contribution in [0, 0.1) is 0 Å². The van der Waals surface area contributed by atoms with Gasteiger partial charge in [-0.2, -0.15) is 0 Å². The van der Waals surface area contributed by atoms with E-state index >= 15 is 0 Å². The zero-order valence-corrected chi connectivity index (χ0v) is 11.5. The quantitative estimate of drug-likeness (QED) is 0.636. The van der Waals surface area contributed by atoms with Crippen LogP contribution in [0.5, 0.6) is 11.5 Å². The molecule has 21 heavy (non-hydrogen) atoms. The molecule has 1 aromatic carbocycles. The molecule has 1 aliphatic rings. The summed E-state index contributed by atoms with van der Waals surface area (Å²) < 4.78 is 5.21. The number of hydrogen-bond acceptors (Lipinski definition) is 6. The third-order valence-corrected chi connectivity index (χ3v) is 3.72. The lowest BCUT2D eigenvalue weighted by Crippen LogP contribution is -2.36. The summed E-state index contributed by atoms with van der Waals surface area (Å²) in [7, 11) is 0. The number of hydrogen-bond donors (Lipinski definition) is 2. The van der Waals surface area contributed by atoms with Gasteiger partial charge in [0.15, 0.2) is 11.5 Å². The lowest BCUT2D eigenvalue weighted by atomic mass is 9.97. The van der Waals surface area contributed by atoms with E-state index in [1.54, 1.807) is 0 Å². The maximum Gasteiger partial charge on any atom is 0.341 e. The van der Waals surface area contributed by atoms with Crippen LogP contribution in [0.25, 0.3) is 11.0 Å². The number of phenols is 2. The first-order valence-corrected chi connectivity index (χ1v) is 6.68. The maximum atomic E-state index is 12.1. The van der Waals surface area contributed by atoms with Gasteiger partial charge in [0.2, 0.25) is 0 Å². The molecule has 0 spiro atoms. The Morgan fingerprint density at radius 2 is 2.00 bits per heavy atom. The minimum absolute atomic E-state index is 0.0474. The number of carbonyl (C=O) groups excluding carboxylic acids is 1. The molecule has 0 amide bonds. The van der Waals surface area contributed by atoms with E-state index in [2.05, 4.69) is 0 Å². The third kappa shape index (κ3) is 2.38. The fourth-order valence-electron chi connectivity index (χ4n) is 2.79. The van der Waals surface area contributed by atoms with E-state index < -0.39 is 5.63 Å². The number of ketones is 1. The standard InChI is InChI=1S/C15H15NO5/c1-8(17)6-16-3-2-9-10-4-12(18)13(19)5-14(10)21-15(20)11(9)7-16/h4-5,18-19H,2-3,6-7H2,1H3. The molecule has 6 heteroatoms. The number of nitrogens with zero attached hydrogens (tertiary/aromatic N) is 1. The van der Waals surface area contributed by atoms with E-state index in [1.807, 2.05) is 4.90 Å². The van der Waals surface area contributed by atoms with E-state index in [1.165, 1.54) is 19.1 Å². The van der Waals surface area contributed by atoms with Gasteiger partial charge in [-0.05, 0) is 25.0 Å². The lowest BCUT2D eigenvalue weighted by Gasteiger charge is -2.27. The van der Waals surface area contributed by atoms with Gasteiger partial charge >= 0.3 is 5.63 Å². The van der Waals surface area contributed by atoms with Crippen LogP contribution >= 0.6 is 0 Å². The van der Waals surface area contributed by atoms with Crippen LogP contribution < -0.4 is 5.63 Å². The number of carbonyl (C=O) groups is 1. The second kappa shape index (κ2) is 4.89. The lowest BCUT2D eigenvalue weighted by molar-refractivity contribution is -0.118. The normalized spacial score (nSPS) is 15.1. The Hall–Kier alpha value is -2.34. The molecule has 0 radical (unpaired) electrons.